The van der Waals surface area contributed by atoms with Gasteiger partial charge in [0, 0.05) is 30.5 Å². The number of halogens is 1. The standard InChI is InChI=1S/C21H24N6O.ClH/c1-15-8-10-16(11-9-15)22-19-24-20(23-17-6-5-7-18(14-17)28-2)26-21(25-19)27-12-3-4-13-27;/h5-11,14H,3-4,12-13H2,1-2H3,(H2,22,23,24,25,26);1H. The Hall–Kier alpha value is -3.06. The van der Waals surface area contributed by atoms with Crippen LogP contribution in [0.1, 0.15) is 18.4 Å². The van der Waals surface area contributed by atoms with Gasteiger partial charge in [-0.3, -0.25) is 0 Å². The van der Waals surface area contributed by atoms with Crippen molar-refractivity contribution in [3.63, 3.8) is 0 Å². The molecule has 0 radical (unpaired) electrons. The van der Waals surface area contributed by atoms with Crippen LogP contribution < -0.4 is 20.3 Å². The van der Waals surface area contributed by atoms with Crippen LogP contribution in [0.5, 0.6) is 5.75 Å². The molecule has 0 aliphatic carbocycles. The number of hydrogen-bond donors (Lipinski definition) is 2. The molecule has 152 valence electrons. The SMILES string of the molecule is COc1cccc(Nc2nc(Nc3ccc(C)cc3)nc(N3CCCC3)n2)c1.Cl. The molecule has 7 nitrogen and oxygen atoms in total. The second-order valence-electron chi connectivity index (χ2n) is 6.82. The van der Waals surface area contributed by atoms with Crippen LogP contribution in [0.2, 0.25) is 0 Å². The number of aromatic nitrogens is 3. The number of anilines is 5. The fourth-order valence-corrected chi connectivity index (χ4v) is 3.13. The Bertz CT molecular complexity index is 944. The summed E-state index contributed by atoms with van der Waals surface area (Å²) in [5, 5.41) is 6.56. The number of nitrogens with zero attached hydrogens (tertiary/aromatic N) is 4. The van der Waals surface area contributed by atoms with E-state index in [0.29, 0.717) is 17.8 Å². The average Bonchev–Trinajstić information content (AvgIpc) is 3.25. The second-order valence-corrected chi connectivity index (χ2v) is 6.82. The highest BCUT2D eigenvalue weighted by Crippen LogP contribution is 2.24. The number of ether oxygens (including phenoxy) is 1. The molecule has 2 heterocycles. The molecule has 29 heavy (non-hydrogen) atoms. The lowest BCUT2D eigenvalue weighted by Gasteiger charge is -2.17. The fraction of sp³-hybridized carbons (Fsp3) is 0.286. The third-order valence-electron chi connectivity index (χ3n) is 4.65. The molecule has 1 fully saturated rings. The van der Waals surface area contributed by atoms with Crippen molar-refractivity contribution < 1.29 is 4.74 Å². The highest BCUT2D eigenvalue weighted by atomic mass is 35.5. The zero-order valence-electron chi connectivity index (χ0n) is 16.6. The van der Waals surface area contributed by atoms with Gasteiger partial charge in [-0.1, -0.05) is 23.8 Å². The molecular weight excluding hydrogens is 388 g/mol. The summed E-state index contributed by atoms with van der Waals surface area (Å²) in [5.41, 5.74) is 3.01. The first-order chi connectivity index (χ1) is 13.7. The van der Waals surface area contributed by atoms with Crippen LogP contribution in [0, 0.1) is 6.92 Å². The largest absolute Gasteiger partial charge is 0.497 e. The number of rotatable bonds is 6. The van der Waals surface area contributed by atoms with Crippen molar-refractivity contribution in [2.24, 2.45) is 0 Å². The molecule has 0 saturated carbocycles. The van der Waals surface area contributed by atoms with E-state index in [4.69, 9.17) is 4.74 Å². The van der Waals surface area contributed by atoms with Gasteiger partial charge in [0.2, 0.25) is 17.8 Å². The minimum Gasteiger partial charge on any atom is -0.497 e. The molecule has 0 spiro atoms. The molecule has 4 rings (SSSR count). The third kappa shape index (κ3) is 5.26. The summed E-state index contributed by atoms with van der Waals surface area (Å²) in [6.07, 6.45) is 2.32. The van der Waals surface area contributed by atoms with Gasteiger partial charge < -0.3 is 20.3 Å². The van der Waals surface area contributed by atoms with E-state index in [1.54, 1.807) is 7.11 Å². The maximum atomic E-state index is 5.30. The molecular formula is C21H25ClN6O. The molecule has 1 aliphatic heterocycles. The normalized spacial score (nSPS) is 13.0. The Kier molecular flexibility index (Phi) is 6.72. The fourth-order valence-electron chi connectivity index (χ4n) is 3.13. The van der Waals surface area contributed by atoms with Crippen LogP contribution in [-0.4, -0.2) is 35.2 Å². The summed E-state index contributed by atoms with van der Waals surface area (Å²) in [6.45, 7) is 3.99. The van der Waals surface area contributed by atoms with Gasteiger partial charge in [0.1, 0.15) is 5.75 Å². The lowest BCUT2D eigenvalue weighted by atomic mass is 10.2. The molecule has 0 unspecified atom stereocenters. The second kappa shape index (κ2) is 9.43. The quantitative estimate of drug-likeness (QED) is 0.607. The van der Waals surface area contributed by atoms with Crippen LogP contribution in [0.25, 0.3) is 0 Å². The summed E-state index contributed by atoms with van der Waals surface area (Å²) < 4.78 is 5.30. The highest BCUT2D eigenvalue weighted by molar-refractivity contribution is 5.85. The number of methoxy groups -OCH3 is 1. The summed E-state index contributed by atoms with van der Waals surface area (Å²) in [7, 11) is 1.65. The topological polar surface area (TPSA) is 75.2 Å². The van der Waals surface area contributed by atoms with E-state index in [-0.39, 0.29) is 12.4 Å². The lowest BCUT2D eigenvalue weighted by Crippen LogP contribution is -2.21. The first kappa shape index (κ1) is 20.7. The number of hydrogen-bond acceptors (Lipinski definition) is 7. The first-order valence-corrected chi connectivity index (χ1v) is 9.45. The molecule has 1 aromatic heterocycles. The van der Waals surface area contributed by atoms with Crippen LogP contribution in [0.15, 0.2) is 48.5 Å². The maximum Gasteiger partial charge on any atom is 0.233 e. The van der Waals surface area contributed by atoms with Gasteiger partial charge in [-0.25, -0.2) is 0 Å². The van der Waals surface area contributed by atoms with Gasteiger partial charge in [-0.2, -0.15) is 15.0 Å². The average molecular weight is 413 g/mol. The monoisotopic (exact) mass is 412 g/mol. The summed E-state index contributed by atoms with van der Waals surface area (Å²) in [5.74, 6) is 2.48. The van der Waals surface area contributed by atoms with E-state index in [0.717, 1.165) is 43.1 Å². The Morgan fingerprint density at radius 1 is 0.862 bits per heavy atom. The molecule has 1 aliphatic rings. The van der Waals surface area contributed by atoms with E-state index in [2.05, 4.69) is 49.5 Å². The number of nitrogens with one attached hydrogen (secondary N) is 2. The highest BCUT2D eigenvalue weighted by Gasteiger charge is 2.17. The van der Waals surface area contributed by atoms with Crippen LogP contribution in [0.4, 0.5) is 29.2 Å². The van der Waals surface area contributed by atoms with Gasteiger partial charge in [0.05, 0.1) is 7.11 Å². The number of aryl methyl sites for hydroxylation is 1. The van der Waals surface area contributed by atoms with E-state index in [9.17, 15) is 0 Å². The zero-order valence-corrected chi connectivity index (χ0v) is 17.4. The van der Waals surface area contributed by atoms with Crippen LogP contribution in [0.3, 0.4) is 0 Å². The van der Waals surface area contributed by atoms with Gasteiger partial charge >= 0.3 is 0 Å². The Labute approximate surface area is 177 Å². The van der Waals surface area contributed by atoms with E-state index >= 15 is 0 Å². The first-order valence-electron chi connectivity index (χ1n) is 9.45. The molecule has 0 atom stereocenters. The molecule has 3 aromatic rings. The number of benzene rings is 2. The Morgan fingerprint density at radius 2 is 1.52 bits per heavy atom. The van der Waals surface area contributed by atoms with E-state index < -0.39 is 0 Å². The Balaban J connectivity index is 0.00000240. The van der Waals surface area contributed by atoms with Crippen molar-refractivity contribution in [3.05, 3.63) is 54.1 Å². The van der Waals surface area contributed by atoms with Crippen molar-refractivity contribution in [2.45, 2.75) is 19.8 Å². The molecule has 1 saturated heterocycles. The van der Waals surface area contributed by atoms with Crippen LogP contribution in [-0.2, 0) is 0 Å². The van der Waals surface area contributed by atoms with Crippen molar-refractivity contribution in [1.29, 1.82) is 0 Å². The van der Waals surface area contributed by atoms with Gasteiger partial charge in [-0.15, -0.1) is 12.4 Å². The molecule has 2 N–H and O–H groups in total. The van der Waals surface area contributed by atoms with Crippen molar-refractivity contribution >= 4 is 41.6 Å². The smallest absolute Gasteiger partial charge is 0.233 e. The van der Waals surface area contributed by atoms with Gasteiger partial charge in [0.15, 0.2) is 0 Å². The maximum absolute atomic E-state index is 5.30. The molecule has 8 heteroatoms. The van der Waals surface area contributed by atoms with E-state index in [1.165, 1.54) is 5.56 Å². The van der Waals surface area contributed by atoms with Crippen LogP contribution >= 0.6 is 12.4 Å². The van der Waals surface area contributed by atoms with Gasteiger partial charge in [0.25, 0.3) is 0 Å². The predicted octanol–water partition coefficient (Wildman–Crippen LogP) is 4.70. The minimum absolute atomic E-state index is 0. The lowest BCUT2D eigenvalue weighted by molar-refractivity contribution is 0.415. The summed E-state index contributed by atoms with van der Waals surface area (Å²) in [6, 6.07) is 15.8. The Morgan fingerprint density at radius 3 is 2.17 bits per heavy atom. The zero-order chi connectivity index (χ0) is 19.3. The van der Waals surface area contributed by atoms with Crippen molar-refractivity contribution in [2.75, 3.05) is 35.7 Å². The third-order valence-corrected chi connectivity index (χ3v) is 4.65. The van der Waals surface area contributed by atoms with Gasteiger partial charge in [-0.05, 0) is 44.0 Å². The predicted molar refractivity (Wildman–Crippen MR) is 119 cm³/mol. The minimum atomic E-state index is 0. The molecule has 0 bridgehead atoms. The molecule has 2 aromatic carbocycles. The summed E-state index contributed by atoms with van der Waals surface area (Å²) >= 11 is 0. The summed E-state index contributed by atoms with van der Waals surface area (Å²) in [4.78, 5) is 16.0. The van der Waals surface area contributed by atoms with Crippen molar-refractivity contribution in [3.8, 4) is 5.75 Å². The van der Waals surface area contributed by atoms with Crippen molar-refractivity contribution in [1.82, 2.24) is 15.0 Å². The molecule has 0 amide bonds. The van der Waals surface area contributed by atoms with E-state index in [1.807, 2.05) is 36.4 Å².